The van der Waals surface area contributed by atoms with Crippen LogP contribution in [-0.2, 0) is 33.3 Å². The molecule has 0 bridgehead atoms. The molecule has 0 aromatic carbocycles. The number of ether oxygens (including phenoxy) is 4. The number of carboxylic acids is 1. The first-order valence-corrected chi connectivity index (χ1v) is 25.0. The third-order valence-corrected chi connectivity index (χ3v) is 10.5. The van der Waals surface area contributed by atoms with Gasteiger partial charge in [-0.05, 0) is 77.0 Å². The predicted molar refractivity (Wildman–Crippen MR) is 258 cm³/mol. The summed E-state index contributed by atoms with van der Waals surface area (Å²) < 4.78 is 22.8. The van der Waals surface area contributed by atoms with Crippen LogP contribution in [0.2, 0.25) is 0 Å². The first kappa shape index (κ1) is 59.0. The summed E-state index contributed by atoms with van der Waals surface area (Å²) in [7, 11) is 5.95. The van der Waals surface area contributed by atoms with Crippen molar-refractivity contribution in [2.75, 3.05) is 47.5 Å². The number of hydrogen-bond donors (Lipinski definition) is 1. The second kappa shape index (κ2) is 44.6. The second-order valence-corrected chi connectivity index (χ2v) is 17.7. The number of rotatable bonds is 45. The summed E-state index contributed by atoms with van der Waals surface area (Å²) in [6, 6.07) is 0. The molecular formula is C53H94NO8+. The van der Waals surface area contributed by atoms with Gasteiger partial charge in [0.2, 0.25) is 0 Å². The van der Waals surface area contributed by atoms with Gasteiger partial charge < -0.3 is 28.5 Å². The Morgan fingerprint density at radius 2 is 0.919 bits per heavy atom. The van der Waals surface area contributed by atoms with Gasteiger partial charge in [-0.15, -0.1) is 0 Å². The van der Waals surface area contributed by atoms with Gasteiger partial charge >= 0.3 is 17.9 Å². The van der Waals surface area contributed by atoms with Gasteiger partial charge in [-0.25, -0.2) is 4.79 Å². The molecule has 0 amide bonds. The lowest BCUT2D eigenvalue weighted by Gasteiger charge is -2.25. The molecule has 0 fully saturated rings. The number of nitrogens with zero attached hydrogens (tertiary/aromatic N) is 1. The van der Waals surface area contributed by atoms with Crippen molar-refractivity contribution in [2.45, 2.75) is 212 Å². The summed E-state index contributed by atoms with van der Waals surface area (Å²) in [5, 5.41) is 9.66. The number of aliphatic carboxylic acids is 1. The molecule has 358 valence electrons. The van der Waals surface area contributed by atoms with Gasteiger partial charge in [0.1, 0.15) is 13.2 Å². The Morgan fingerprint density at radius 3 is 1.39 bits per heavy atom. The number of carboxylic acid groups (broad SMARTS) is 1. The molecule has 0 aromatic rings. The molecule has 0 rings (SSSR count). The zero-order chi connectivity index (χ0) is 45.6. The van der Waals surface area contributed by atoms with E-state index in [9.17, 15) is 19.5 Å². The minimum atomic E-state index is -1.51. The maximum atomic E-state index is 12.8. The smallest absolute Gasteiger partial charge is 0.361 e. The molecule has 0 spiro atoms. The average molecular weight is 873 g/mol. The number of allylic oxidation sites excluding steroid dienone is 10. The highest BCUT2D eigenvalue weighted by molar-refractivity contribution is 5.71. The molecular weight excluding hydrogens is 779 g/mol. The van der Waals surface area contributed by atoms with E-state index >= 15 is 0 Å². The van der Waals surface area contributed by atoms with Crippen molar-refractivity contribution in [1.29, 1.82) is 0 Å². The lowest BCUT2D eigenvalue weighted by Crippen LogP contribution is -2.40. The van der Waals surface area contributed by atoms with Gasteiger partial charge in [0.15, 0.2) is 6.10 Å². The number of quaternary nitrogens is 1. The van der Waals surface area contributed by atoms with Crippen LogP contribution in [0.4, 0.5) is 0 Å². The van der Waals surface area contributed by atoms with Gasteiger partial charge in [-0.3, -0.25) is 9.59 Å². The Hall–Kier alpha value is -3.01. The van der Waals surface area contributed by atoms with Crippen molar-refractivity contribution in [3.63, 3.8) is 0 Å². The quantitative estimate of drug-likeness (QED) is 0.0212. The number of esters is 2. The molecule has 2 atom stereocenters. The molecule has 1 N–H and O–H groups in total. The van der Waals surface area contributed by atoms with Crippen LogP contribution in [0.3, 0.4) is 0 Å². The van der Waals surface area contributed by atoms with Gasteiger partial charge in [-0.1, -0.05) is 171 Å². The van der Waals surface area contributed by atoms with Crippen molar-refractivity contribution in [3.8, 4) is 0 Å². The first-order valence-electron chi connectivity index (χ1n) is 25.0. The van der Waals surface area contributed by atoms with E-state index in [4.69, 9.17) is 18.9 Å². The Bertz CT molecular complexity index is 1200. The van der Waals surface area contributed by atoms with Gasteiger partial charge in [0.25, 0.3) is 6.29 Å². The van der Waals surface area contributed by atoms with Crippen molar-refractivity contribution >= 4 is 17.9 Å². The molecule has 9 nitrogen and oxygen atoms in total. The van der Waals surface area contributed by atoms with Crippen LogP contribution in [0.25, 0.3) is 0 Å². The van der Waals surface area contributed by atoms with Crippen molar-refractivity contribution < 1.29 is 42.9 Å². The highest BCUT2D eigenvalue weighted by atomic mass is 16.7. The standard InChI is InChI=1S/C53H93NO8/c1-6-8-10-12-14-16-18-20-22-23-24-25-26-27-28-29-30-32-34-36-38-40-42-44-51(56)62-49(48-61-53(52(57)58)59-46-45-54(3,4)5)47-60-50(55)43-41-39-37-35-33-31-21-19-17-15-13-11-9-7-2/h8,10,14,16,19-22,24-25,49,53H,6-7,9,11-13,15,17-18,23,26-48H2,1-5H3/p+1/b10-8-,16-14-,21-19-,22-20-,25-24-. The largest absolute Gasteiger partial charge is 0.477 e. The Morgan fingerprint density at radius 1 is 0.500 bits per heavy atom. The summed E-state index contributed by atoms with van der Waals surface area (Å²) in [4.78, 5) is 37.2. The van der Waals surface area contributed by atoms with E-state index in [2.05, 4.69) is 74.6 Å². The summed E-state index contributed by atoms with van der Waals surface area (Å²) >= 11 is 0. The maximum absolute atomic E-state index is 12.8. The summed E-state index contributed by atoms with van der Waals surface area (Å²) in [6.45, 7) is 4.73. The lowest BCUT2D eigenvalue weighted by molar-refractivity contribution is -0.870. The molecule has 0 radical (unpaired) electrons. The Kier molecular flexibility index (Phi) is 42.4. The van der Waals surface area contributed by atoms with Crippen LogP contribution >= 0.6 is 0 Å². The number of unbranched alkanes of at least 4 members (excludes halogenated alkanes) is 20. The summed E-state index contributed by atoms with van der Waals surface area (Å²) in [5.41, 5.74) is 0. The van der Waals surface area contributed by atoms with Crippen LogP contribution in [0.1, 0.15) is 200 Å². The van der Waals surface area contributed by atoms with Crippen molar-refractivity contribution in [1.82, 2.24) is 0 Å². The molecule has 0 aliphatic carbocycles. The molecule has 0 aromatic heterocycles. The van der Waals surface area contributed by atoms with E-state index in [1.165, 1.54) is 77.0 Å². The van der Waals surface area contributed by atoms with Gasteiger partial charge in [0, 0.05) is 12.8 Å². The first-order chi connectivity index (χ1) is 30.1. The fourth-order valence-electron chi connectivity index (χ4n) is 6.64. The van der Waals surface area contributed by atoms with Crippen molar-refractivity contribution in [2.24, 2.45) is 0 Å². The molecule has 9 heteroatoms. The van der Waals surface area contributed by atoms with Gasteiger partial charge in [0.05, 0.1) is 34.4 Å². The number of likely N-dealkylation sites (N-methyl/N-ethyl adjacent to an activating group) is 1. The van der Waals surface area contributed by atoms with Crippen LogP contribution in [-0.4, -0.2) is 87.4 Å². The summed E-state index contributed by atoms with van der Waals surface area (Å²) in [5.74, 6) is -2.02. The molecule has 62 heavy (non-hydrogen) atoms. The topological polar surface area (TPSA) is 108 Å². The van der Waals surface area contributed by atoms with E-state index in [0.29, 0.717) is 17.4 Å². The monoisotopic (exact) mass is 873 g/mol. The average Bonchev–Trinajstić information content (AvgIpc) is 3.23. The number of hydrogen-bond acceptors (Lipinski definition) is 7. The van der Waals surface area contributed by atoms with E-state index in [1.807, 2.05) is 21.1 Å². The van der Waals surface area contributed by atoms with E-state index in [1.54, 1.807) is 0 Å². The van der Waals surface area contributed by atoms with Crippen LogP contribution in [0, 0.1) is 0 Å². The minimum absolute atomic E-state index is 0.184. The third-order valence-electron chi connectivity index (χ3n) is 10.5. The lowest BCUT2D eigenvalue weighted by atomic mass is 10.0. The van der Waals surface area contributed by atoms with E-state index in [0.717, 1.165) is 89.9 Å². The van der Waals surface area contributed by atoms with Crippen LogP contribution in [0.15, 0.2) is 60.8 Å². The fourth-order valence-corrected chi connectivity index (χ4v) is 6.64. The normalized spacial score (nSPS) is 13.4. The molecule has 0 heterocycles. The van der Waals surface area contributed by atoms with Crippen molar-refractivity contribution in [3.05, 3.63) is 60.8 Å². The third kappa shape index (κ3) is 45.0. The Balaban J connectivity index is 4.35. The SMILES string of the molecule is CC/C=C\C/C=C\C/C=C\C/C=C\CCCCCCCCCCCCC(=O)OC(COC(=O)CCCCCCC/C=C\CCCCCCC)COC(OCC[N+](C)(C)C)C(=O)O. The zero-order valence-corrected chi connectivity index (χ0v) is 40.5. The molecule has 2 unspecified atom stereocenters. The minimum Gasteiger partial charge on any atom is -0.477 e. The highest BCUT2D eigenvalue weighted by Crippen LogP contribution is 2.14. The maximum Gasteiger partial charge on any atom is 0.361 e. The molecule has 0 saturated heterocycles. The van der Waals surface area contributed by atoms with Gasteiger partial charge in [-0.2, -0.15) is 0 Å². The summed E-state index contributed by atoms with van der Waals surface area (Å²) in [6.07, 6.45) is 51.4. The predicted octanol–water partition coefficient (Wildman–Crippen LogP) is 13.7. The number of carbonyl (C=O) groups is 3. The van der Waals surface area contributed by atoms with Crippen LogP contribution < -0.4 is 0 Å². The molecule has 0 saturated carbocycles. The van der Waals surface area contributed by atoms with E-state index in [-0.39, 0.29) is 38.6 Å². The molecule has 0 aliphatic heterocycles. The molecule has 0 aliphatic rings. The van der Waals surface area contributed by atoms with E-state index < -0.39 is 24.3 Å². The number of carbonyl (C=O) groups excluding carboxylic acids is 2. The zero-order valence-electron chi connectivity index (χ0n) is 40.5. The fraction of sp³-hybridized carbons (Fsp3) is 0.755. The second-order valence-electron chi connectivity index (χ2n) is 17.7. The Labute approximate surface area is 380 Å². The highest BCUT2D eigenvalue weighted by Gasteiger charge is 2.25. The van der Waals surface area contributed by atoms with Crippen LogP contribution in [0.5, 0.6) is 0 Å².